The van der Waals surface area contributed by atoms with Crippen LogP contribution in [0.3, 0.4) is 0 Å². The predicted molar refractivity (Wildman–Crippen MR) is 84.0 cm³/mol. The van der Waals surface area contributed by atoms with Gasteiger partial charge in [0, 0.05) is 6.54 Å². The lowest BCUT2D eigenvalue weighted by atomic mass is 10.1. The minimum Gasteiger partial charge on any atom is -0.366 e. The Morgan fingerprint density at radius 2 is 1.47 bits per heavy atom. The molecule has 1 aromatic rings. The minimum absolute atomic E-state index is 0.346. The van der Waals surface area contributed by atoms with Gasteiger partial charge in [-0.2, -0.15) is 4.98 Å². The summed E-state index contributed by atoms with van der Waals surface area (Å²) in [6.45, 7) is 3.17. The molecule has 2 N–H and O–H groups in total. The van der Waals surface area contributed by atoms with E-state index in [1.807, 2.05) is 4.68 Å². The molecule has 19 heavy (non-hydrogen) atoms. The first-order chi connectivity index (χ1) is 9.24. The Kier molecular flexibility index (Phi) is 8.88. The SMILES string of the molecule is CCCCCCCCCCCCn1nc(N)nc1Br. The zero-order valence-corrected chi connectivity index (χ0v) is 13.7. The van der Waals surface area contributed by atoms with E-state index in [-0.39, 0.29) is 0 Å². The standard InChI is InChI=1S/C14H27BrN4/c1-2-3-4-5-6-7-8-9-10-11-12-19-13(15)17-14(16)18-19/h2-12H2,1H3,(H2,16,18). The van der Waals surface area contributed by atoms with Gasteiger partial charge >= 0.3 is 0 Å². The van der Waals surface area contributed by atoms with E-state index in [0.717, 1.165) is 17.7 Å². The summed E-state index contributed by atoms with van der Waals surface area (Å²) in [6.07, 6.45) is 13.5. The van der Waals surface area contributed by atoms with Crippen LogP contribution in [-0.4, -0.2) is 14.8 Å². The molecule has 0 aliphatic heterocycles. The zero-order chi connectivity index (χ0) is 13.9. The minimum atomic E-state index is 0.346. The van der Waals surface area contributed by atoms with Crippen molar-refractivity contribution < 1.29 is 0 Å². The number of hydrogen-bond acceptors (Lipinski definition) is 3. The molecule has 0 amide bonds. The zero-order valence-electron chi connectivity index (χ0n) is 12.1. The largest absolute Gasteiger partial charge is 0.366 e. The van der Waals surface area contributed by atoms with Gasteiger partial charge in [0.2, 0.25) is 5.95 Å². The Morgan fingerprint density at radius 1 is 0.947 bits per heavy atom. The van der Waals surface area contributed by atoms with E-state index < -0.39 is 0 Å². The molecule has 1 aromatic heterocycles. The van der Waals surface area contributed by atoms with Crippen molar-refractivity contribution in [3.63, 3.8) is 0 Å². The number of unbranched alkanes of at least 4 members (excludes halogenated alkanes) is 9. The van der Waals surface area contributed by atoms with Crippen molar-refractivity contribution in [2.45, 2.75) is 77.7 Å². The molecular formula is C14H27BrN4. The Labute approximate surface area is 125 Å². The summed E-state index contributed by atoms with van der Waals surface area (Å²) in [7, 11) is 0. The topological polar surface area (TPSA) is 56.7 Å². The highest BCUT2D eigenvalue weighted by Gasteiger charge is 2.03. The van der Waals surface area contributed by atoms with Crippen molar-refractivity contribution in [1.82, 2.24) is 14.8 Å². The molecule has 0 fully saturated rings. The molecule has 0 atom stereocenters. The van der Waals surface area contributed by atoms with Crippen LogP contribution in [-0.2, 0) is 6.54 Å². The first kappa shape index (κ1) is 16.5. The summed E-state index contributed by atoms with van der Waals surface area (Å²) >= 11 is 3.35. The maximum absolute atomic E-state index is 5.53. The van der Waals surface area contributed by atoms with Crippen molar-refractivity contribution >= 4 is 21.9 Å². The van der Waals surface area contributed by atoms with Gasteiger partial charge < -0.3 is 5.73 Å². The Bertz CT molecular complexity index is 338. The highest BCUT2D eigenvalue weighted by Crippen LogP contribution is 2.12. The summed E-state index contributed by atoms with van der Waals surface area (Å²) in [5.74, 6) is 0.346. The van der Waals surface area contributed by atoms with E-state index >= 15 is 0 Å². The Hall–Kier alpha value is -0.580. The van der Waals surface area contributed by atoms with Crippen molar-refractivity contribution in [2.75, 3.05) is 5.73 Å². The fourth-order valence-electron chi connectivity index (χ4n) is 2.23. The Balaban J connectivity index is 1.90. The Morgan fingerprint density at radius 3 is 1.95 bits per heavy atom. The molecule has 0 spiro atoms. The van der Waals surface area contributed by atoms with Crippen LogP contribution >= 0.6 is 15.9 Å². The molecule has 0 bridgehead atoms. The average molecular weight is 331 g/mol. The van der Waals surface area contributed by atoms with Gasteiger partial charge in [-0.1, -0.05) is 64.7 Å². The third-order valence-corrected chi connectivity index (χ3v) is 3.95. The molecular weight excluding hydrogens is 304 g/mol. The van der Waals surface area contributed by atoms with Crippen LogP contribution in [0.5, 0.6) is 0 Å². The van der Waals surface area contributed by atoms with Crippen molar-refractivity contribution in [2.24, 2.45) is 0 Å². The first-order valence-corrected chi connectivity index (χ1v) is 8.39. The van der Waals surface area contributed by atoms with Crippen LogP contribution < -0.4 is 5.73 Å². The number of aryl methyl sites for hydroxylation is 1. The number of aromatic nitrogens is 3. The van der Waals surface area contributed by atoms with Gasteiger partial charge in [-0.25, -0.2) is 4.68 Å². The predicted octanol–water partition coefficient (Wildman–Crippen LogP) is 4.54. The third-order valence-electron chi connectivity index (χ3n) is 3.37. The summed E-state index contributed by atoms with van der Waals surface area (Å²) in [5.41, 5.74) is 5.53. The maximum atomic E-state index is 5.53. The van der Waals surface area contributed by atoms with Gasteiger partial charge in [-0.15, -0.1) is 5.10 Å². The second kappa shape index (κ2) is 10.2. The fourth-order valence-corrected chi connectivity index (χ4v) is 2.67. The van der Waals surface area contributed by atoms with E-state index in [1.54, 1.807) is 0 Å². The molecule has 0 saturated carbocycles. The van der Waals surface area contributed by atoms with Crippen molar-refractivity contribution in [3.8, 4) is 0 Å². The molecule has 4 nitrogen and oxygen atoms in total. The first-order valence-electron chi connectivity index (χ1n) is 7.60. The second-order valence-electron chi connectivity index (χ2n) is 5.14. The van der Waals surface area contributed by atoms with E-state index in [4.69, 9.17) is 5.73 Å². The van der Waals surface area contributed by atoms with Gasteiger partial charge in [0.05, 0.1) is 0 Å². The van der Waals surface area contributed by atoms with Crippen LogP contribution in [0.1, 0.15) is 71.1 Å². The van der Waals surface area contributed by atoms with Crippen LogP contribution in [0.4, 0.5) is 5.95 Å². The van der Waals surface area contributed by atoms with Crippen LogP contribution in [0.25, 0.3) is 0 Å². The smallest absolute Gasteiger partial charge is 0.240 e. The molecule has 0 radical (unpaired) electrons. The normalized spacial score (nSPS) is 11.1. The van der Waals surface area contributed by atoms with Crippen LogP contribution in [0.15, 0.2) is 4.73 Å². The fraction of sp³-hybridized carbons (Fsp3) is 0.857. The summed E-state index contributed by atoms with van der Waals surface area (Å²) < 4.78 is 2.57. The van der Waals surface area contributed by atoms with E-state index in [9.17, 15) is 0 Å². The van der Waals surface area contributed by atoms with E-state index in [1.165, 1.54) is 57.8 Å². The van der Waals surface area contributed by atoms with Crippen molar-refractivity contribution in [1.29, 1.82) is 0 Å². The average Bonchev–Trinajstić information content (AvgIpc) is 2.70. The maximum Gasteiger partial charge on any atom is 0.240 e. The third kappa shape index (κ3) is 7.55. The number of rotatable bonds is 11. The van der Waals surface area contributed by atoms with Gasteiger partial charge in [-0.05, 0) is 22.4 Å². The highest BCUT2D eigenvalue weighted by molar-refractivity contribution is 9.10. The lowest BCUT2D eigenvalue weighted by molar-refractivity contribution is 0.510. The van der Waals surface area contributed by atoms with Gasteiger partial charge in [0.25, 0.3) is 0 Å². The molecule has 0 unspecified atom stereocenters. The monoisotopic (exact) mass is 330 g/mol. The number of nitrogen functional groups attached to an aromatic ring is 1. The van der Waals surface area contributed by atoms with Crippen LogP contribution in [0, 0.1) is 0 Å². The molecule has 1 rings (SSSR count). The summed E-state index contributed by atoms with van der Waals surface area (Å²) in [6, 6.07) is 0. The summed E-state index contributed by atoms with van der Waals surface area (Å²) in [4.78, 5) is 4.02. The quantitative estimate of drug-likeness (QED) is 0.606. The van der Waals surface area contributed by atoms with E-state index in [0.29, 0.717) is 5.95 Å². The number of nitrogens with zero attached hydrogens (tertiary/aromatic N) is 3. The number of hydrogen-bond donors (Lipinski definition) is 1. The highest BCUT2D eigenvalue weighted by atomic mass is 79.9. The number of nitrogens with two attached hydrogens (primary N) is 1. The molecule has 0 aliphatic rings. The van der Waals surface area contributed by atoms with Crippen molar-refractivity contribution in [3.05, 3.63) is 4.73 Å². The van der Waals surface area contributed by atoms with Gasteiger partial charge in [0.15, 0.2) is 4.73 Å². The summed E-state index contributed by atoms with van der Waals surface area (Å²) in [5, 5.41) is 4.12. The van der Waals surface area contributed by atoms with Gasteiger partial charge in [-0.3, -0.25) is 0 Å². The number of halogens is 1. The van der Waals surface area contributed by atoms with Crippen LogP contribution in [0.2, 0.25) is 0 Å². The second-order valence-corrected chi connectivity index (χ2v) is 5.85. The molecule has 110 valence electrons. The molecule has 0 aromatic carbocycles. The van der Waals surface area contributed by atoms with Gasteiger partial charge in [0.1, 0.15) is 0 Å². The van der Waals surface area contributed by atoms with E-state index in [2.05, 4.69) is 32.9 Å². The molecule has 0 saturated heterocycles. The lowest BCUT2D eigenvalue weighted by Crippen LogP contribution is -2.01. The molecule has 0 aliphatic carbocycles. The molecule has 5 heteroatoms. The number of anilines is 1. The molecule has 1 heterocycles. The lowest BCUT2D eigenvalue weighted by Gasteiger charge is -2.03.